The van der Waals surface area contributed by atoms with Crippen molar-refractivity contribution < 1.29 is 18.1 Å². The van der Waals surface area contributed by atoms with Crippen molar-refractivity contribution in [3.05, 3.63) is 24.3 Å². The fraction of sp³-hybridized carbons (Fsp3) is 0.500. The van der Waals surface area contributed by atoms with Gasteiger partial charge in [-0.25, -0.2) is 13.6 Å². The van der Waals surface area contributed by atoms with Crippen LogP contribution in [0.3, 0.4) is 0 Å². The third-order valence-corrected chi connectivity index (χ3v) is 4.84. The van der Waals surface area contributed by atoms with E-state index in [0.29, 0.717) is 5.69 Å². The maximum absolute atomic E-state index is 12.3. The summed E-state index contributed by atoms with van der Waals surface area (Å²) >= 11 is 0. The van der Waals surface area contributed by atoms with Gasteiger partial charge in [0.1, 0.15) is 0 Å². The van der Waals surface area contributed by atoms with Crippen LogP contribution in [-0.4, -0.2) is 33.5 Å². The molecule has 2 rings (SSSR count). The van der Waals surface area contributed by atoms with Crippen LogP contribution in [0.4, 0.5) is 5.69 Å². The third kappa shape index (κ3) is 4.26. The normalized spacial score (nSPS) is 18.2. The zero-order chi connectivity index (χ0) is 15.5. The second-order valence-corrected chi connectivity index (χ2v) is 7.06. The smallest absolute Gasteiger partial charge is 0.282 e. The molecule has 1 amide bonds. The van der Waals surface area contributed by atoms with Gasteiger partial charge in [-0.2, -0.15) is 0 Å². The van der Waals surface area contributed by atoms with E-state index in [1.165, 1.54) is 23.5 Å². The SMILES string of the molecule is C[C@H](C(=O)Nc1cccc(S(N)(=O)=O)c1)[NH+]1CCCCC1. The number of hydrogen-bond acceptors (Lipinski definition) is 3. The largest absolute Gasteiger partial charge is 0.325 e. The quantitative estimate of drug-likeness (QED) is 0.714. The second-order valence-electron chi connectivity index (χ2n) is 5.50. The Bertz CT molecular complexity index is 610. The molecule has 1 aromatic rings. The summed E-state index contributed by atoms with van der Waals surface area (Å²) in [5.41, 5.74) is 0.454. The van der Waals surface area contributed by atoms with Crippen molar-refractivity contribution in [1.82, 2.24) is 0 Å². The van der Waals surface area contributed by atoms with E-state index in [-0.39, 0.29) is 16.8 Å². The number of carbonyl (C=O) groups is 1. The number of likely N-dealkylation sites (tertiary alicyclic amines) is 1. The molecule has 1 saturated heterocycles. The monoisotopic (exact) mass is 312 g/mol. The van der Waals surface area contributed by atoms with Crippen LogP contribution in [0.25, 0.3) is 0 Å². The van der Waals surface area contributed by atoms with Gasteiger partial charge in [0, 0.05) is 5.69 Å². The Kier molecular flexibility index (Phi) is 4.97. The number of sulfonamides is 1. The van der Waals surface area contributed by atoms with E-state index in [2.05, 4.69) is 5.32 Å². The molecule has 21 heavy (non-hydrogen) atoms. The topological polar surface area (TPSA) is 93.7 Å². The summed E-state index contributed by atoms with van der Waals surface area (Å²) < 4.78 is 22.6. The number of piperidine rings is 1. The third-order valence-electron chi connectivity index (χ3n) is 3.93. The van der Waals surface area contributed by atoms with Crippen molar-refractivity contribution in [1.29, 1.82) is 0 Å². The Balaban J connectivity index is 2.05. The van der Waals surface area contributed by atoms with E-state index in [0.717, 1.165) is 25.9 Å². The zero-order valence-corrected chi connectivity index (χ0v) is 12.9. The number of anilines is 1. The first-order valence-corrected chi connectivity index (χ1v) is 8.71. The zero-order valence-electron chi connectivity index (χ0n) is 12.1. The molecule has 116 valence electrons. The highest BCUT2D eigenvalue weighted by Gasteiger charge is 2.26. The summed E-state index contributed by atoms with van der Waals surface area (Å²) in [5, 5.41) is 7.86. The van der Waals surface area contributed by atoms with Gasteiger partial charge in [-0.1, -0.05) is 6.07 Å². The van der Waals surface area contributed by atoms with Gasteiger partial charge in [0.15, 0.2) is 6.04 Å². The molecule has 0 spiro atoms. The average molecular weight is 312 g/mol. The van der Waals surface area contributed by atoms with Gasteiger partial charge in [-0.05, 0) is 44.4 Å². The molecule has 7 heteroatoms. The fourth-order valence-corrected chi connectivity index (χ4v) is 3.19. The predicted octanol–water partition coefficient (Wildman–Crippen LogP) is -0.270. The highest BCUT2D eigenvalue weighted by atomic mass is 32.2. The Morgan fingerprint density at radius 3 is 2.57 bits per heavy atom. The number of hydrogen-bond donors (Lipinski definition) is 3. The molecule has 1 fully saturated rings. The number of rotatable bonds is 4. The fourth-order valence-electron chi connectivity index (χ4n) is 2.63. The summed E-state index contributed by atoms with van der Waals surface area (Å²) in [6.07, 6.45) is 3.52. The minimum Gasteiger partial charge on any atom is -0.325 e. The first kappa shape index (κ1) is 15.9. The molecule has 1 atom stereocenters. The van der Waals surface area contributed by atoms with Gasteiger partial charge in [0.2, 0.25) is 10.0 Å². The summed E-state index contributed by atoms with van der Waals surface area (Å²) in [4.78, 5) is 13.5. The summed E-state index contributed by atoms with van der Waals surface area (Å²) in [5.74, 6) is -0.0986. The van der Waals surface area contributed by atoms with Crippen molar-refractivity contribution in [2.45, 2.75) is 37.1 Å². The van der Waals surface area contributed by atoms with Crippen molar-refractivity contribution in [3.8, 4) is 0 Å². The van der Waals surface area contributed by atoms with Crippen LogP contribution in [0.2, 0.25) is 0 Å². The first-order valence-electron chi connectivity index (χ1n) is 7.16. The van der Waals surface area contributed by atoms with Crippen molar-refractivity contribution in [2.75, 3.05) is 18.4 Å². The average Bonchev–Trinajstić information content (AvgIpc) is 2.47. The number of benzene rings is 1. The molecule has 0 bridgehead atoms. The summed E-state index contributed by atoms with van der Waals surface area (Å²) in [7, 11) is -3.76. The Morgan fingerprint density at radius 1 is 1.29 bits per heavy atom. The standard InChI is InChI=1S/C14H21N3O3S/c1-11(17-8-3-2-4-9-17)14(18)16-12-6-5-7-13(10-12)21(15,19)20/h5-7,10-11H,2-4,8-9H2,1H3,(H,16,18)(H2,15,19,20)/p+1/t11-/m1/s1. The van der Waals surface area contributed by atoms with Gasteiger partial charge in [0.25, 0.3) is 5.91 Å². The lowest BCUT2D eigenvalue weighted by atomic mass is 10.1. The van der Waals surface area contributed by atoms with Gasteiger partial charge in [-0.3, -0.25) is 4.79 Å². The molecular weight excluding hydrogens is 290 g/mol. The van der Waals surface area contributed by atoms with E-state index >= 15 is 0 Å². The van der Waals surface area contributed by atoms with Crippen LogP contribution < -0.4 is 15.4 Å². The number of primary sulfonamides is 1. The maximum atomic E-state index is 12.3. The van der Waals surface area contributed by atoms with E-state index < -0.39 is 10.0 Å². The van der Waals surface area contributed by atoms with Crippen LogP contribution in [0.5, 0.6) is 0 Å². The molecule has 1 heterocycles. The maximum Gasteiger partial charge on any atom is 0.282 e. The van der Waals surface area contributed by atoms with Gasteiger partial charge < -0.3 is 10.2 Å². The van der Waals surface area contributed by atoms with Gasteiger partial charge >= 0.3 is 0 Å². The molecule has 0 radical (unpaired) electrons. The first-order chi connectivity index (χ1) is 9.88. The van der Waals surface area contributed by atoms with E-state index in [4.69, 9.17) is 5.14 Å². The Labute approximate surface area is 125 Å². The van der Waals surface area contributed by atoms with Crippen LogP contribution in [0, 0.1) is 0 Å². The molecule has 1 aliphatic rings. The Hall–Kier alpha value is -1.44. The van der Waals surface area contributed by atoms with Crippen molar-refractivity contribution >= 4 is 21.6 Å². The summed E-state index contributed by atoms with van der Waals surface area (Å²) in [6.45, 7) is 3.91. The molecule has 0 saturated carbocycles. The van der Waals surface area contributed by atoms with E-state index in [1.54, 1.807) is 12.1 Å². The van der Waals surface area contributed by atoms with Crippen LogP contribution in [0.15, 0.2) is 29.2 Å². The molecule has 0 unspecified atom stereocenters. The lowest BCUT2D eigenvalue weighted by molar-refractivity contribution is -0.918. The molecule has 1 aliphatic heterocycles. The van der Waals surface area contributed by atoms with Crippen molar-refractivity contribution in [3.63, 3.8) is 0 Å². The predicted molar refractivity (Wildman–Crippen MR) is 80.5 cm³/mol. The van der Waals surface area contributed by atoms with Crippen molar-refractivity contribution in [2.24, 2.45) is 5.14 Å². The van der Waals surface area contributed by atoms with Crippen LogP contribution in [-0.2, 0) is 14.8 Å². The second kappa shape index (κ2) is 6.55. The number of amides is 1. The Morgan fingerprint density at radius 2 is 1.95 bits per heavy atom. The lowest BCUT2D eigenvalue weighted by Crippen LogP contribution is -3.17. The van der Waals surface area contributed by atoms with Gasteiger partial charge in [-0.15, -0.1) is 0 Å². The highest BCUT2D eigenvalue weighted by Crippen LogP contribution is 2.14. The van der Waals surface area contributed by atoms with Gasteiger partial charge in [0.05, 0.1) is 18.0 Å². The number of nitrogens with one attached hydrogen (secondary N) is 2. The number of quaternary nitrogens is 1. The summed E-state index contributed by atoms with van der Waals surface area (Å²) in [6, 6.07) is 5.86. The van der Waals surface area contributed by atoms with Crippen LogP contribution in [0.1, 0.15) is 26.2 Å². The van der Waals surface area contributed by atoms with Crippen LogP contribution >= 0.6 is 0 Å². The molecule has 6 nitrogen and oxygen atoms in total. The highest BCUT2D eigenvalue weighted by molar-refractivity contribution is 7.89. The molecule has 0 aromatic heterocycles. The lowest BCUT2D eigenvalue weighted by Gasteiger charge is -2.28. The molecular formula is C14H22N3O3S+. The minimum absolute atomic E-state index is 0.00160. The molecule has 1 aromatic carbocycles. The molecule has 4 N–H and O–H groups in total. The number of nitrogens with two attached hydrogens (primary N) is 1. The molecule has 0 aliphatic carbocycles. The van der Waals surface area contributed by atoms with E-state index in [1.807, 2.05) is 6.92 Å². The number of carbonyl (C=O) groups excluding carboxylic acids is 1. The minimum atomic E-state index is -3.76. The van der Waals surface area contributed by atoms with E-state index in [9.17, 15) is 13.2 Å².